The number of aliphatic carboxylic acids is 1. The number of phenolic OH excluding ortho intramolecular Hbond substituents is 1. The highest BCUT2D eigenvalue weighted by atomic mass is 16.4. The van der Waals surface area contributed by atoms with Crippen molar-refractivity contribution >= 4 is 23.7 Å². The van der Waals surface area contributed by atoms with Crippen molar-refractivity contribution in [3.63, 3.8) is 0 Å². The van der Waals surface area contributed by atoms with E-state index in [0.717, 1.165) is 0 Å². The number of nitrogens with two attached hydrogens (primary N) is 1. The lowest BCUT2D eigenvalue weighted by Gasteiger charge is -2.26. The van der Waals surface area contributed by atoms with E-state index in [1.54, 1.807) is 12.1 Å². The van der Waals surface area contributed by atoms with Crippen LogP contribution in [-0.2, 0) is 32.0 Å². The number of nitrogens with zero attached hydrogens (tertiary/aromatic N) is 1. The average molecular weight is 519 g/mol. The quantitative estimate of drug-likeness (QED) is 0.150. The van der Waals surface area contributed by atoms with E-state index in [2.05, 4.69) is 25.9 Å². The number of carboxylic acid groups (broad SMARTS) is 1. The number of H-pyrrole nitrogens is 1. The fourth-order valence-corrected chi connectivity index (χ4v) is 3.51. The van der Waals surface area contributed by atoms with E-state index < -0.39 is 54.5 Å². The summed E-state index contributed by atoms with van der Waals surface area (Å²) in [5, 5.41) is 35.4. The van der Waals surface area contributed by atoms with Gasteiger partial charge in [-0.2, -0.15) is 0 Å². The number of hydrogen-bond acceptors (Lipinski definition) is 8. The number of aromatic amines is 1. The first kappa shape index (κ1) is 29.3. The number of nitrogens with one attached hydrogen (secondary N) is 4. The highest BCUT2D eigenvalue weighted by molar-refractivity contribution is 5.94. The van der Waals surface area contributed by atoms with Gasteiger partial charge in [-0.15, -0.1) is 0 Å². The molecule has 9 N–H and O–H groups in total. The highest BCUT2D eigenvalue weighted by Crippen LogP contribution is 2.13. The monoisotopic (exact) mass is 518 g/mol. The number of carbonyl (C=O) groups excluding carboxylic acids is 3. The molecule has 3 amide bonds. The van der Waals surface area contributed by atoms with Gasteiger partial charge in [-0.05, 0) is 30.0 Å². The summed E-state index contributed by atoms with van der Waals surface area (Å²) in [6.45, 7) is 2.81. The Kier molecular flexibility index (Phi) is 11.0. The summed E-state index contributed by atoms with van der Waals surface area (Å²) >= 11 is 0. The average Bonchev–Trinajstić information content (AvgIpc) is 3.35. The smallest absolute Gasteiger partial charge is 0.328 e. The summed E-state index contributed by atoms with van der Waals surface area (Å²) in [4.78, 5) is 56.8. The molecule has 2 aromatic rings. The van der Waals surface area contributed by atoms with Crippen molar-refractivity contribution in [2.75, 3.05) is 6.61 Å². The molecule has 0 aliphatic carbocycles. The molecule has 0 aliphatic heterocycles. The number of rotatable bonds is 14. The van der Waals surface area contributed by atoms with E-state index in [-0.39, 0.29) is 30.9 Å². The van der Waals surface area contributed by atoms with Crippen LogP contribution in [0.5, 0.6) is 5.75 Å². The second kappa shape index (κ2) is 13.9. The number of phenols is 1. The Hall–Kier alpha value is -3.97. The normalized spacial score (nSPS) is 14.3. The summed E-state index contributed by atoms with van der Waals surface area (Å²) < 4.78 is 0. The molecule has 0 saturated carbocycles. The Morgan fingerprint density at radius 2 is 1.54 bits per heavy atom. The van der Waals surface area contributed by atoms with Gasteiger partial charge in [0.1, 0.15) is 23.9 Å². The van der Waals surface area contributed by atoms with Crippen LogP contribution in [0.2, 0.25) is 0 Å². The number of hydrogen-bond donors (Lipinski definition) is 8. The molecule has 13 nitrogen and oxygen atoms in total. The van der Waals surface area contributed by atoms with E-state index in [1.807, 2.05) is 13.8 Å². The summed E-state index contributed by atoms with van der Waals surface area (Å²) in [7, 11) is 0. The third kappa shape index (κ3) is 9.54. The fourth-order valence-electron chi connectivity index (χ4n) is 3.51. The lowest BCUT2D eigenvalue weighted by atomic mass is 10.0. The van der Waals surface area contributed by atoms with Gasteiger partial charge >= 0.3 is 5.97 Å². The number of carbonyl (C=O) groups is 4. The Morgan fingerprint density at radius 1 is 0.946 bits per heavy atom. The summed E-state index contributed by atoms with van der Waals surface area (Å²) in [6, 6.07) is 1.25. The Morgan fingerprint density at radius 3 is 2.08 bits per heavy atom. The molecule has 1 heterocycles. The Bertz CT molecular complexity index is 1040. The zero-order chi connectivity index (χ0) is 27.5. The number of amides is 3. The molecule has 0 spiro atoms. The number of aromatic nitrogens is 2. The van der Waals surface area contributed by atoms with Crippen molar-refractivity contribution in [3.05, 3.63) is 48.0 Å². The van der Waals surface area contributed by atoms with Crippen LogP contribution in [0.15, 0.2) is 36.8 Å². The number of aromatic hydroxyl groups is 1. The number of benzene rings is 1. The zero-order valence-electron chi connectivity index (χ0n) is 20.7. The topological polar surface area (TPSA) is 220 Å². The molecule has 0 radical (unpaired) electrons. The molecule has 0 bridgehead atoms. The van der Waals surface area contributed by atoms with Crippen LogP contribution in [0, 0.1) is 5.92 Å². The largest absolute Gasteiger partial charge is 0.508 e. The van der Waals surface area contributed by atoms with Crippen LogP contribution in [0.3, 0.4) is 0 Å². The van der Waals surface area contributed by atoms with Crippen LogP contribution in [0.4, 0.5) is 0 Å². The van der Waals surface area contributed by atoms with Gasteiger partial charge in [-0.25, -0.2) is 9.78 Å². The van der Waals surface area contributed by atoms with Crippen molar-refractivity contribution < 1.29 is 34.5 Å². The van der Waals surface area contributed by atoms with E-state index in [4.69, 9.17) is 10.8 Å². The molecule has 1 aromatic carbocycles. The van der Waals surface area contributed by atoms with E-state index in [9.17, 15) is 29.4 Å². The maximum absolute atomic E-state index is 13.3. The SMILES string of the molecule is CC(C)CC(NC(=O)C(Cc1ccc(O)cc1)NC(=O)C(N)Cc1cnc[nH]1)C(=O)NC(CO)C(=O)O. The van der Waals surface area contributed by atoms with Crippen molar-refractivity contribution in [2.24, 2.45) is 11.7 Å². The van der Waals surface area contributed by atoms with Crippen molar-refractivity contribution in [3.8, 4) is 5.75 Å². The molecule has 202 valence electrons. The molecular weight excluding hydrogens is 484 g/mol. The molecule has 4 atom stereocenters. The van der Waals surface area contributed by atoms with Gasteiger partial charge in [0.15, 0.2) is 0 Å². The number of imidazole rings is 1. The van der Waals surface area contributed by atoms with Crippen LogP contribution in [-0.4, -0.2) is 79.8 Å². The summed E-state index contributed by atoms with van der Waals surface area (Å²) in [5.41, 5.74) is 7.27. The molecule has 0 aliphatic rings. The molecule has 2 rings (SSSR count). The number of carboxylic acids is 1. The first-order valence-electron chi connectivity index (χ1n) is 11.8. The van der Waals surface area contributed by atoms with Gasteiger partial charge in [0, 0.05) is 24.7 Å². The molecular formula is C24H34N6O7. The summed E-state index contributed by atoms with van der Waals surface area (Å²) in [6.07, 6.45) is 3.33. The van der Waals surface area contributed by atoms with Crippen molar-refractivity contribution in [2.45, 2.75) is 57.3 Å². The van der Waals surface area contributed by atoms with Crippen LogP contribution in [0.25, 0.3) is 0 Å². The Balaban J connectivity index is 2.21. The van der Waals surface area contributed by atoms with Gasteiger partial charge in [-0.3, -0.25) is 14.4 Å². The second-order valence-electron chi connectivity index (χ2n) is 9.09. The predicted octanol–water partition coefficient (Wildman–Crippen LogP) is -1.19. The Labute approximate surface area is 213 Å². The molecule has 0 saturated heterocycles. The summed E-state index contributed by atoms with van der Waals surface area (Å²) in [5.74, 6) is -3.53. The lowest BCUT2D eigenvalue weighted by Crippen LogP contribution is -2.58. The third-order valence-corrected chi connectivity index (χ3v) is 5.48. The van der Waals surface area contributed by atoms with Gasteiger partial charge in [0.2, 0.25) is 17.7 Å². The maximum Gasteiger partial charge on any atom is 0.328 e. The molecule has 4 unspecified atom stereocenters. The van der Waals surface area contributed by atoms with Crippen LogP contribution < -0.4 is 21.7 Å². The van der Waals surface area contributed by atoms with Crippen LogP contribution >= 0.6 is 0 Å². The molecule has 0 fully saturated rings. The minimum absolute atomic E-state index is 0.0268. The van der Waals surface area contributed by atoms with Crippen molar-refractivity contribution in [1.29, 1.82) is 0 Å². The fraction of sp³-hybridized carbons (Fsp3) is 0.458. The van der Waals surface area contributed by atoms with Gasteiger partial charge in [0.05, 0.1) is 19.0 Å². The van der Waals surface area contributed by atoms with E-state index in [1.165, 1.54) is 24.7 Å². The van der Waals surface area contributed by atoms with E-state index >= 15 is 0 Å². The minimum atomic E-state index is -1.54. The standard InChI is InChI=1S/C24H34N6O7/c1-13(2)7-18(22(34)30-20(11-31)24(36)37)29-23(35)19(8-14-3-5-16(32)6-4-14)28-21(33)17(25)9-15-10-26-12-27-15/h3-6,10,12-13,17-20,31-32H,7-9,11,25H2,1-2H3,(H,26,27)(H,28,33)(H,29,35)(H,30,34)(H,36,37). The minimum Gasteiger partial charge on any atom is -0.508 e. The third-order valence-electron chi connectivity index (χ3n) is 5.48. The van der Waals surface area contributed by atoms with Gasteiger partial charge in [-0.1, -0.05) is 26.0 Å². The first-order valence-corrected chi connectivity index (χ1v) is 11.8. The first-order chi connectivity index (χ1) is 17.5. The highest BCUT2D eigenvalue weighted by Gasteiger charge is 2.31. The second-order valence-corrected chi connectivity index (χ2v) is 9.09. The van der Waals surface area contributed by atoms with Crippen LogP contribution in [0.1, 0.15) is 31.5 Å². The predicted molar refractivity (Wildman–Crippen MR) is 132 cm³/mol. The number of aliphatic hydroxyl groups excluding tert-OH is 1. The maximum atomic E-state index is 13.3. The molecule has 13 heteroatoms. The molecule has 1 aromatic heterocycles. The lowest BCUT2D eigenvalue weighted by molar-refractivity contribution is -0.143. The van der Waals surface area contributed by atoms with Gasteiger partial charge in [0.25, 0.3) is 0 Å². The van der Waals surface area contributed by atoms with Crippen molar-refractivity contribution in [1.82, 2.24) is 25.9 Å². The van der Waals surface area contributed by atoms with E-state index in [0.29, 0.717) is 11.3 Å². The number of aliphatic hydroxyl groups is 1. The zero-order valence-corrected chi connectivity index (χ0v) is 20.7. The molecule has 37 heavy (non-hydrogen) atoms. The van der Waals surface area contributed by atoms with Gasteiger partial charge < -0.3 is 42.0 Å².